The van der Waals surface area contributed by atoms with E-state index in [0.717, 1.165) is 42.9 Å². The molecular formula is C27H22ClN5O5S. The number of aryl methyl sites for hydroxylation is 2. The van der Waals surface area contributed by atoms with E-state index in [9.17, 15) is 4.79 Å². The first kappa shape index (κ1) is 25.1. The fraction of sp³-hybridized carbons (Fsp3) is 0.222. The van der Waals surface area contributed by atoms with Crippen molar-refractivity contribution in [2.75, 3.05) is 25.6 Å². The third kappa shape index (κ3) is 4.98. The lowest BCUT2D eigenvalue weighted by molar-refractivity contribution is 0.0383. The highest BCUT2D eigenvalue weighted by Gasteiger charge is 2.27. The molecular weight excluding hydrogens is 542 g/mol. The van der Waals surface area contributed by atoms with Crippen molar-refractivity contribution < 1.29 is 23.7 Å². The number of carbonyl (C=O) groups is 1. The average Bonchev–Trinajstić information content (AvgIpc) is 3.38. The van der Waals surface area contributed by atoms with Gasteiger partial charge in [-0.25, -0.2) is 24.7 Å². The number of fused-ring (bicyclic) bond motifs is 4. The summed E-state index contributed by atoms with van der Waals surface area (Å²) >= 11 is 7.28. The van der Waals surface area contributed by atoms with Gasteiger partial charge in [0.05, 0.1) is 41.7 Å². The normalized spacial score (nSPS) is 14.4. The van der Waals surface area contributed by atoms with Crippen LogP contribution in [0.4, 0.5) is 10.5 Å². The lowest BCUT2D eigenvalue weighted by Crippen LogP contribution is -2.35. The molecule has 1 amide bonds. The molecule has 0 saturated carbocycles. The molecule has 12 heteroatoms. The van der Waals surface area contributed by atoms with Gasteiger partial charge in [-0.2, -0.15) is 0 Å². The van der Waals surface area contributed by atoms with E-state index < -0.39 is 12.2 Å². The molecule has 1 aliphatic rings. The number of halogens is 1. The van der Waals surface area contributed by atoms with Crippen molar-refractivity contribution in [2.45, 2.75) is 20.0 Å². The molecule has 2 aromatic carbocycles. The summed E-state index contributed by atoms with van der Waals surface area (Å²) < 4.78 is 23.7. The largest absolute Gasteiger partial charge is 0.484 e. The minimum Gasteiger partial charge on any atom is -0.484 e. The number of thiazole rings is 1. The van der Waals surface area contributed by atoms with Gasteiger partial charge >= 0.3 is 6.09 Å². The number of hydrogen-bond acceptors (Lipinski definition) is 10. The van der Waals surface area contributed by atoms with Crippen molar-refractivity contribution in [2.24, 2.45) is 0 Å². The Kier molecular flexibility index (Phi) is 6.53. The molecule has 1 aliphatic heterocycles. The van der Waals surface area contributed by atoms with Crippen LogP contribution in [0.1, 0.15) is 11.1 Å². The molecule has 1 unspecified atom stereocenters. The average molecular weight is 564 g/mol. The van der Waals surface area contributed by atoms with Gasteiger partial charge in [0.25, 0.3) is 0 Å². The molecule has 0 bridgehead atoms. The molecule has 0 aliphatic carbocycles. The predicted molar refractivity (Wildman–Crippen MR) is 148 cm³/mol. The van der Waals surface area contributed by atoms with Gasteiger partial charge in [-0.3, -0.25) is 5.32 Å². The van der Waals surface area contributed by atoms with Crippen molar-refractivity contribution in [3.05, 3.63) is 59.0 Å². The van der Waals surface area contributed by atoms with Crippen LogP contribution in [0.25, 0.3) is 31.8 Å². The number of amides is 1. The van der Waals surface area contributed by atoms with E-state index in [4.69, 9.17) is 35.5 Å². The monoisotopic (exact) mass is 563 g/mol. The van der Waals surface area contributed by atoms with E-state index in [1.54, 1.807) is 25.4 Å². The first-order valence-electron chi connectivity index (χ1n) is 12.0. The molecule has 5 aromatic rings. The Balaban J connectivity index is 1.24. The van der Waals surface area contributed by atoms with E-state index in [1.165, 1.54) is 17.5 Å². The van der Waals surface area contributed by atoms with Gasteiger partial charge in [-0.15, -0.1) is 11.3 Å². The summed E-state index contributed by atoms with van der Waals surface area (Å²) in [6.07, 6.45) is 1.95. The maximum Gasteiger partial charge on any atom is 0.411 e. The zero-order valence-electron chi connectivity index (χ0n) is 21.1. The van der Waals surface area contributed by atoms with Gasteiger partial charge in [-0.1, -0.05) is 11.6 Å². The molecule has 1 N–H and O–H groups in total. The number of ether oxygens (including phenoxy) is 4. The van der Waals surface area contributed by atoms with E-state index in [-0.39, 0.29) is 13.2 Å². The Hall–Kier alpha value is -4.22. The van der Waals surface area contributed by atoms with E-state index in [0.29, 0.717) is 28.2 Å². The first-order valence-corrected chi connectivity index (χ1v) is 13.2. The van der Waals surface area contributed by atoms with E-state index in [1.807, 2.05) is 26.0 Å². The van der Waals surface area contributed by atoms with Crippen molar-refractivity contribution >= 4 is 56.0 Å². The fourth-order valence-corrected chi connectivity index (χ4v) is 5.54. The first-order chi connectivity index (χ1) is 18.9. The van der Waals surface area contributed by atoms with Gasteiger partial charge in [0.15, 0.2) is 17.6 Å². The highest BCUT2D eigenvalue weighted by atomic mass is 35.5. The number of nitrogens with one attached hydrogen (secondary N) is 1. The van der Waals surface area contributed by atoms with Crippen LogP contribution in [-0.4, -0.2) is 52.5 Å². The topological polar surface area (TPSA) is 118 Å². The zero-order chi connectivity index (χ0) is 27.1. The van der Waals surface area contributed by atoms with Crippen LogP contribution >= 0.6 is 22.9 Å². The minimum atomic E-state index is -0.627. The van der Waals surface area contributed by atoms with Gasteiger partial charge in [0.2, 0.25) is 5.88 Å². The Morgan fingerprint density at radius 3 is 2.82 bits per heavy atom. The summed E-state index contributed by atoms with van der Waals surface area (Å²) in [5.74, 6) is 1.66. The quantitative estimate of drug-likeness (QED) is 0.258. The van der Waals surface area contributed by atoms with Crippen LogP contribution in [-0.2, 0) is 4.74 Å². The molecule has 0 fully saturated rings. The highest BCUT2D eigenvalue weighted by Crippen LogP contribution is 2.46. The predicted octanol–water partition coefficient (Wildman–Crippen LogP) is 5.97. The van der Waals surface area contributed by atoms with Gasteiger partial charge in [0, 0.05) is 5.56 Å². The Labute approximate surface area is 231 Å². The van der Waals surface area contributed by atoms with Crippen LogP contribution in [0.2, 0.25) is 5.15 Å². The molecule has 198 valence electrons. The van der Waals surface area contributed by atoms with E-state index >= 15 is 0 Å². The SMILES string of the molecule is COc1cnc2c(-c3nc4c(C)cc5c(c4s3)OCC(COC(=O)Nc3ccc(Cl)nc3)O5)cc(C)cc2n1. The number of hydrogen-bond donors (Lipinski definition) is 1. The summed E-state index contributed by atoms with van der Waals surface area (Å²) in [7, 11) is 1.57. The maximum atomic E-state index is 12.2. The van der Waals surface area contributed by atoms with Crippen LogP contribution in [0, 0.1) is 13.8 Å². The molecule has 4 heterocycles. The lowest BCUT2D eigenvalue weighted by Gasteiger charge is -2.26. The number of benzene rings is 2. The molecule has 39 heavy (non-hydrogen) atoms. The minimum absolute atomic E-state index is 0.00866. The van der Waals surface area contributed by atoms with Gasteiger partial charge < -0.3 is 18.9 Å². The Bertz CT molecular complexity index is 1730. The number of carbonyl (C=O) groups excluding carboxylic acids is 1. The number of aromatic nitrogens is 4. The van der Waals surface area contributed by atoms with Crippen molar-refractivity contribution in [3.63, 3.8) is 0 Å². The molecule has 1 atom stereocenters. The second kappa shape index (κ2) is 10.2. The maximum absolute atomic E-state index is 12.2. The highest BCUT2D eigenvalue weighted by molar-refractivity contribution is 7.22. The summed E-state index contributed by atoms with van der Waals surface area (Å²) in [6.45, 7) is 4.21. The molecule has 0 spiro atoms. The molecule has 3 aromatic heterocycles. The van der Waals surface area contributed by atoms with Crippen molar-refractivity contribution in [1.29, 1.82) is 0 Å². The number of anilines is 1. The van der Waals surface area contributed by atoms with Crippen molar-refractivity contribution in [3.8, 4) is 28.0 Å². The Morgan fingerprint density at radius 1 is 1.15 bits per heavy atom. The smallest absolute Gasteiger partial charge is 0.411 e. The summed E-state index contributed by atoms with van der Waals surface area (Å²) in [5, 5.41) is 3.74. The molecule has 0 radical (unpaired) electrons. The van der Waals surface area contributed by atoms with Crippen LogP contribution in [0.15, 0.2) is 42.7 Å². The lowest BCUT2D eigenvalue weighted by atomic mass is 10.1. The summed E-state index contributed by atoms with van der Waals surface area (Å²) in [6, 6.07) is 9.13. The second-order valence-electron chi connectivity index (χ2n) is 8.95. The summed E-state index contributed by atoms with van der Waals surface area (Å²) in [5.41, 5.74) is 5.65. The third-order valence-electron chi connectivity index (χ3n) is 6.07. The Morgan fingerprint density at radius 2 is 2.03 bits per heavy atom. The molecule has 6 rings (SSSR count). The standard InChI is InChI=1S/C27H22ClN5O5S/c1-13-6-17(23-18(7-13)32-21(35-3)10-30-23)26-33-22-14(2)8-19-24(25(22)39-26)36-11-16(38-19)12-37-27(34)31-15-4-5-20(28)29-9-15/h4-10,16H,11-12H2,1-3H3,(H,31,34). The van der Waals surface area contributed by atoms with Crippen LogP contribution in [0.3, 0.4) is 0 Å². The number of pyridine rings is 1. The number of methoxy groups -OCH3 is 1. The summed E-state index contributed by atoms with van der Waals surface area (Å²) in [4.78, 5) is 30.2. The van der Waals surface area contributed by atoms with Crippen LogP contribution < -0.4 is 19.5 Å². The van der Waals surface area contributed by atoms with Crippen molar-refractivity contribution in [1.82, 2.24) is 19.9 Å². The fourth-order valence-electron chi connectivity index (χ4n) is 4.28. The number of rotatable bonds is 5. The van der Waals surface area contributed by atoms with Crippen LogP contribution in [0.5, 0.6) is 17.4 Å². The third-order valence-corrected chi connectivity index (χ3v) is 7.38. The zero-order valence-corrected chi connectivity index (χ0v) is 22.7. The molecule has 10 nitrogen and oxygen atoms in total. The second-order valence-corrected chi connectivity index (χ2v) is 10.3. The molecule has 0 saturated heterocycles. The number of nitrogens with zero attached hydrogens (tertiary/aromatic N) is 4. The van der Waals surface area contributed by atoms with Gasteiger partial charge in [-0.05, 0) is 55.3 Å². The van der Waals surface area contributed by atoms with E-state index in [2.05, 4.69) is 26.3 Å². The van der Waals surface area contributed by atoms with Gasteiger partial charge in [0.1, 0.15) is 28.1 Å².